The average Bonchev–Trinajstić information content (AvgIpc) is 2.78. The summed E-state index contributed by atoms with van der Waals surface area (Å²) in [5.74, 6) is 3.80. The maximum absolute atomic E-state index is 6.10. The molecule has 1 aromatic carbocycles. The van der Waals surface area contributed by atoms with E-state index in [4.69, 9.17) is 4.74 Å². The third kappa shape index (κ3) is 5.47. The minimum Gasteiger partial charge on any atom is -0.374 e. The van der Waals surface area contributed by atoms with Crippen LogP contribution >= 0.6 is 0 Å². The van der Waals surface area contributed by atoms with Gasteiger partial charge in [-0.15, -0.1) is 0 Å². The molecule has 0 amide bonds. The number of benzene rings is 1. The van der Waals surface area contributed by atoms with E-state index < -0.39 is 0 Å². The first-order valence-electron chi connectivity index (χ1n) is 12.7. The lowest BCUT2D eigenvalue weighted by Crippen LogP contribution is -2.37. The Hall–Kier alpha value is -1.34. The Morgan fingerprint density at radius 1 is 0.833 bits per heavy atom. The van der Waals surface area contributed by atoms with Crippen molar-refractivity contribution < 1.29 is 4.74 Å². The Morgan fingerprint density at radius 2 is 1.60 bits per heavy atom. The summed E-state index contributed by atoms with van der Waals surface area (Å²) < 4.78 is 6.10. The fourth-order valence-electron chi connectivity index (χ4n) is 6.56. The normalized spacial score (nSPS) is 31.7. The molecule has 1 heteroatoms. The molecule has 5 atom stereocenters. The minimum absolute atomic E-state index is 0.516. The van der Waals surface area contributed by atoms with Gasteiger partial charge in [0.15, 0.2) is 0 Å². The van der Waals surface area contributed by atoms with Crippen LogP contribution in [0.2, 0.25) is 0 Å². The zero-order valence-electron chi connectivity index (χ0n) is 19.3. The van der Waals surface area contributed by atoms with Crippen LogP contribution in [0, 0.1) is 23.7 Å². The van der Waals surface area contributed by atoms with Crippen LogP contribution in [-0.2, 0) is 24.0 Å². The van der Waals surface area contributed by atoms with Gasteiger partial charge in [0.1, 0.15) is 0 Å². The number of fused-ring (bicyclic) bond motifs is 2. The van der Waals surface area contributed by atoms with E-state index in [0.717, 1.165) is 30.3 Å². The Kier molecular flexibility index (Phi) is 7.88. The van der Waals surface area contributed by atoms with Crippen molar-refractivity contribution in [3.8, 4) is 0 Å². The van der Waals surface area contributed by atoms with Crippen molar-refractivity contribution in [2.24, 2.45) is 23.7 Å². The lowest BCUT2D eigenvalue weighted by atomic mass is 9.62. The molecule has 0 radical (unpaired) electrons. The van der Waals surface area contributed by atoms with Crippen LogP contribution in [0.5, 0.6) is 0 Å². The molecule has 1 nitrogen and oxygen atoms in total. The number of rotatable bonds is 7. The zero-order chi connectivity index (χ0) is 20.8. The highest BCUT2D eigenvalue weighted by Crippen LogP contribution is 2.47. The number of aryl methyl sites for hydroxylation is 2. The summed E-state index contributed by atoms with van der Waals surface area (Å²) in [7, 11) is 0. The molecule has 4 rings (SSSR count). The van der Waals surface area contributed by atoms with Gasteiger partial charge in [-0.2, -0.15) is 0 Å². The highest BCUT2D eigenvalue weighted by Gasteiger charge is 2.38. The summed E-state index contributed by atoms with van der Waals surface area (Å²) in [6.07, 6.45) is 24.1. The van der Waals surface area contributed by atoms with E-state index in [-0.39, 0.29) is 0 Å². The van der Waals surface area contributed by atoms with E-state index in [1.54, 1.807) is 11.1 Å². The fourth-order valence-corrected chi connectivity index (χ4v) is 6.56. The van der Waals surface area contributed by atoms with Crippen molar-refractivity contribution in [1.82, 2.24) is 0 Å². The van der Waals surface area contributed by atoms with E-state index in [1.807, 2.05) is 0 Å². The van der Waals surface area contributed by atoms with Crippen molar-refractivity contribution in [2.45, 2.75) is 90.6 Å². The Labute approximate surface area is 185 Å². The van der Waals surface area contributed by atoms with Crippen LogP contribution in [-0.4, -0.2) is 12.7 Å². The smallest absolute Gasteiger partial charge is 0.0651 e. The summed E-state index contributed by atoms with van der Waals surface area (Å²) in [5, 5.41) is 0. The molecule has 0 N–H and O–H groups in total. The van der Waals surface area contributed by atoms with Crippen molar-refractivity contribution in [1.29, 1.82) is 0 Å². The van der Waals surface area contributed by atoms with Crippen molar-refractivity contribution in [3.05, 3.63) is 59.2 Å². The van der Waals surface area contributed by atoms with E-state index in [1.165, 1.54) is 76.2 Å². The van der Waals surface area contributed by atoms with Crippen LogP contribution < -0.4 is 0 Å². The first-order chi connectivity index (χ1) is 14.8. The lowest BCUT2D eigenvalue weighted by molar-refractivity contribution is -0.0138. The van der Waals surface area contributed by atoms with E-state index >= 15 is 0 Å². The molecule has 0 heterocycles. The van der Waals surface area contributed by atoms with Crippen LogP contribution in [0.1, 0.15) is 81.9 Å². The molecule has 2 saturated carbocycles. The molecule has 0 bridgehead atoms. The van der Waals surface area contributed by atoms with Gasteiger partial charge in [-0.1, -0.05) is 42.5 Å². The number of ether oxygens (including phenoxy) is 1. The van der Waals surface area contributed by atoms with Crippen molar-refractivity contribution in [2.75, 3.05) is 6.61 Å². The first-order valence-corrected chi connectivity index (χ1v) is 12.7. The molecular formula is C29H42O. The Balaban J connectivity index is 1.29. The van der Waals surface area contributed by atoms with Gasteiger partial charge in [0.25, 0.3) is 0 Å². The minimum atomic E-state index is 0.516. The van der Waals surface area contributed by atoms with Gasteiger partial charge in [0, 0.05) is 0 Å². The summed E-state index contributed by atoms with van der Waals surface area (Å²) in [5.41, 5.74) is 4.83. The van der Waals surface area contributed by atoms with Gasteiger partial charge < -0.3 is 4.74 Å². The Bertz CT molecular complexity index is 730. The summed E-state index contributed by atoms with van der Waals surface area (Å²) in [6, 6.07) is 7.38. The van der Waals surface area contributed by atoms with E-state index in [2.05, 4.69) is 56.4 Å². The van der Waals surface area contributed by atoms with Crippen molar-refractivity contribution in [3.63, 3.8) is 0 Å². The molecule has 0 saturated heterocycles. The maximum atomic E-state index is 6.10. The highest BCUT2D eigenvalue weighted by molar-refractivity contribution is 5.34. The van der Waals surface area contributed by atoms with Gasteiger partial charge in [-0.25, -0.2) is 0 Å². The molecule has 2 fully saturated rings. The van der Waals surface area contributed by atoms with E-state index in [9.17, 15) is 0 Å². The van der Waals surface area contributed by atoms with Gasteiger partial charge in [-0.3, -0.25) is 0 Å². The second kappa shape index (κ2) is 10.8. The third-order valence-electron chi connectivity index (χ3n) is 8.31. The molecule has 0 aliphatic heterocycles. The zero-order valence-corrected chi connectivity index (χ0v) is 19.3. The molecule has 30 heavy (non-hydrogen) atoms. The fraction of sp³-hybridized carbons (Fsp3) is 0.655. The summed E-state index contributed by atoms with van der Waals surface area (Å²) >= 11 is 0. The standard InChI is InChI=1S/C29H42O/c1-3-5-7-8-22-9-10-24-19-25(12-11-23(24)18-22)26-13-14-28-21-29(30-17-6-4-2)16-15-27(28)20-26/h3-6,9-10,18,25-29H,7-8,11-17,19-21H2,1-2H3/b5-3+,6-4+/t25?,26?,27-,28?,29-/m1/s1. The lowest BCUT2D eigenvalue weighted by Gasteiger charge is -2.45. The SMILES string of the molecule is C/C=C/CCc1ccc2c(c1)CCC(C1CCC3C[C@H](OC/C=C/C)CC[C@@H]3C1)C2. The average molecular weight is 407 g/mol. The number of hydrogen-bond donors (Lipinski definition) is 0. The predicted octanol–water partition coefficient (Wildman–Crippen LogP) is 7.48. The van der Waals surface area contributed by atoms with Gasteiger partial charge >= 0.3 is 0 Å². The summed E-state index contributed by atoms with van der Waals surface area (Å²) in [6.45, 7) is 5.00. The molecule has 1 aromatic rings. The quantitative estimate of drug-likeness (QED) is 0.426. The van der Waals surface area contributed by atoms with Gasteiger partial charge in [0.05, 0.1) is 12.7 Å². The third-order valence-corrected chi connectivity index (χ3v) is 8.31. The summed E-state index contributed by atoms with van der Waals surface area (Å²) in [4.78, 5) is 0. The molecular weight excluding hydrogens is 364 g/mol. The highest BCUT2D eigenvalue weighted by atomic mass is 16.5. The molecule has 0 aromatic heterocycles. The molecule has 164 valence electrons. The molecule has 3 unspecified atom stereocenters. The molecule has 3 aliphatic rings. The first kappa shape index (κ1) is 21.9. The van der Waals surface area contributed by atoms with Crippen LogP contribution in [0.3, 0.4) is 0 Å². The topological polar surface area (TPSA) is 9.23 Å². The molecule has 3 aliphatic carbocycles. The van der Waals surface area contributed by atoms with Crippen LogP contribution in [0.25, 0.3) is 0 Å². The van der Waals surface area contributed by atoms with Gasteiger partial charge in [0.2, 0.25) is 0 Å². The number of allylic oxidation sites excluding steroid dienone is 3. The maximum Gasteiger partial charge on any atom is 0.0651 e. The predicted molar refractivity (Wildman–Crippen MR) is 128 cm³/mol. The van der Waals surface area contributed by atoms with Crippen LogP contribution in [0.4, 0.5) is 0 Å². The van der Waals surface area contributed by atoms with Gasteiger partial charge in [-0.05, 0) is 125 Å². The number of hydrogen-bond acceptors (Lipinski definition) is 1. The second-order valence-corrected chi connectivity index (χ2v) is 10.1. The second-order valence-electron chi connectivity index (χ2n) is 10.1. The van der Waals surface area contributed by atoms with Crippen LogP contribution in [0.15, 0.2) is 42.5 Å². The van der Waals surface area contributed by atoms with E-state index in [0.29, 0.717) is 6.10 Å². The molecule has 0 spiro atoms. The Morgan fingerprint density at radius 3 is 2.43 bits per heavy atom. The largest absolute Gasteiger partial charge is 0.374 e. The monoisotopic (exact) mass is 406 g/mol. The van der Waals surface area contributed by atoms with Crippen molar-refractivity contribution >= 4 is 0 Å².